The fourth-order valence-electron chi connectivity index (χ4n) is 2.36. The van der Waals surface area contributed by atoms with Crippen LogP contribution in [0.5, 0.6) is 0 Å². The number of pyridine rings is 1. The van der Waals surface area contributed by atoms with Gasteiger partial charge in [0.2, 0.25) is 0 Å². The molecule has 106 valence electrons. The first-order valence-electron chi connectivity index (χ1n) is 7.10. The number of para-hydroxylation sites is 1. The lowest BCUT2D eigenvalue weighted by Crippen LogP contribution is -2.21. The van der Waals surface area contributed by atoms with Gasteiger partial charge in [-0.25, -0.2) is 0 Å². The minimum atomic E-state index is -0.486. The molecule has 0 saturated carbocycles. The van der Waals surface area contributed by atoms with Crippen molar-refractivity contribution in [3.05, 3.63) is 78.0 Å². The molecular formula is C18H18N2O. The number of nitrogens with zero attached hydrogens (tertiary/aromatic N) is 1. The molecule has 1 atom stereocenters. The Bertz CT molecular complexity index is 712. The van der Waals surface area contributed by atoms with Crippen LogP contribution in [-0.4, -0.2) is 16.6 Å². The van der Waals surface area contributed by atoms with E-state index in [0.717, 1.165) is 22.0 Å². The molecule has 0 bridgehead atoms. The molecule has 21 heavy (non-hydrogen) atoms. The molecule has 1 unspecified atom stereocenters. The van der Waals surface area contributed by atoms with E-state index >= 15 is 0 Å². The summed E-state index contributed by atoms with van der Waals surface area (Å²) in [5, 5.41) is 14.5. The normalized spacial score (nSPS) is 12.4. The summed E-state index contributed by atoms with van der Waals surface area (Å²) >= 11 is 0. The average Bonchev–Trinajstić information content (AvgIpc) is 2.55. The minimum absolute atomic E-state index is 0.486. The Morgan fingerprint density at radius 3 is 2.62 bits per heavy atom. The molecule has 0 radical (unpaired) electrons. The van der Waals surface area contributed by atoms with Crippen LogP contribution >= 0.6 is 0 Å². The van der Waals surface area contributed by atoms with E-state index in [2.05, 4.69) is 22.4 Å². The molecule has 2 aromatic carbocycles. The van der Waals surface area contributed by atoms with Crippen molar-refractivity contribution in [3.63, 3.8) is 0 Å². The highest BCUT2D eigenvalue weighted by Crippen LogP contribution is 2.13. The van der Waals surface area contributed by atoms with Crippen LogP contribution in [-0.2, 0) is 6.54 Å². The van der Waals surface area contributed by atoms with Crippen molar-refractivity contribution in [2.24, 2.45) is 0 Å². The van der Waals surface area contributed by atoms with Crippen LogP contribution in [0, 0.1) is 0 Å². The summed E-state index contributed by atoms with van der Waals surface area (Å²) in [7, 11) is 0. The second-order valence-corrected chi connectivity index (χ2v) is 5.09. The molecule has 2 N–H and O–H groups in total. The van der Waals surface area contributed by atoms with E-state index in [1.54, 1.807) is 0 Å². The van der Waals surface area contributed by atoms with Crippen LogP contribution in [0.1, 0.15) is 17.2 Å². The summed E-state index contributed by atoms with van der Waals surface area (Å²) in [4.78, 5) is 4.43. The molecule has 0 saturated heterocycles. The Kier molecular flexibility index (Phi) is 4.24. The molecule has 0 spiro atoms. The lowest BCUT2D eigenvalue weighted by Gasteiger charge is -2.12. The molecular weight excluding hydrogens is 260 g/mol. The van der Waals surface area contributed by atoms with Crippen molar-refractivity contribution in [1.29, 1.82) is 0 Å². The zero-order chi connectivity index (χ0) is 14.5. The van der Waals surface area contributed by atoms with E-state index in [9.17, 15) is 5.11 Å². The lowest BCUT2D eigenvalue weighted by atomic mass is 10.1. The van der Waals surface area contributed by atoms with Gasteiger partial charge in [-0.05, 0) is 23.3 Å². The van der Waals surface area contributed by atoms with Gasteiger partial charge in [0, 0.05) is 24.7 Å². The first-order valence-corrected chi connectivity index (χ1v) is 7.10. The zero-order valence-corrected chi connectivity index (χ0v) is 11.7. The highest BCUT2D eigenvalue weighted by atomic mass is 16.3. The van der Waals surface area contributed by atoms with E-state index in [1.807, 2.05) is 54.7 Å². The van der Waals surface area contributed by atoms with Gasteiger partial charge in [-0.3, -0.25) is 4.98 Å². The maximum Gasteiger partial charge on any atom is 0.0914 e. The number of benzene rings is 2. The van der Waals surface area contributed by atoms with E-state index in [1.165, 1.54) is 0 Å². The third-order valence-electron chi connectivity index (χ3n) is 3.50. The summed E-state index contributed by atoms with van der Waals surface area (Å²) < 4.78 is 0. The Morgan fingerprint density at radius 1 is 1.00 bits per heavy atom. The van der Waals surface area contributed by atoms with E-state index in [0.29, 0.717) is 13.1 Å². The second kappa shape index (κ2) is 6.48. The highest BCUT2D eigenvalue weighted by molar-refractivity contribution is 5.78. The van der Waals surface area contributed by atoms with E-state index in [4.69, 9.17) is 0 Å². The van der Waals surface area contributed by atoms with Gasteiger partial charge in [0.05, 0.1) is 11.6 Å². The third-order valence-corrected chi connectivity index (χ3v) is 3.50. The molecule has 0 aliphatic rings. The van der Waals surface area contributed by atoms with Crippen molar-refractivity contribution >= 4 is 10.9 Å². The van der Waals surface area contributed by atoms with Crippen LogP contribution in [0.4, 0.5) is 0 Å². The van der Waals surface area contributed by atoms with E-state index in [-0.39, 0.29) is 0 Å². The molecule has 1 heterocycles. The van der Waals surface area contributed by atoms with Crippen molar-refractivity contribution in [2.45, 2.75) is 12.6 Å². The molecule has 1 aromatic heterocycles. The van der Waals surface area contributed by atoms with Gasteiger partial charge < -0.3 is 10.4 Å². The first kappa shape index (κ1) is 13.7. The van der Waals surface area contributed by atoms with Gasteiger partial charge >= 0.3 is 0 Å². The predicted octanol–water partition coefficient (Wildman–Crippen LogP) is 3.06. The van der Waals surface area contributed by atoms with Crippen LogP contribution in [0.2, 0.25) is 0 Å². The smallest absolute Gasteiger partial charge is 0.0914 e. The molecule has 3 heteroatoms. The molecule has 3 rings (SSSR count). The fraction of sp³-hybridized carbons (Fsp3) is 0.167. The quantitative estimate of drug-likeness (QED) is 0.754. The summed E-state index contributed by atoms with van der Waals surface area (Å²) in [6.45, 7) is 1.22. The van der Waals surface area contributed by atoms with Crippen LogP contribution in [0.15, 0.2) is 66.9 Å². The maximum absolute atomic E-state index is 10.1. The molecule has 0 fully saturated rings. The lowest BCUT2D eigenvalue weighted by molar-refractivity contribution is 0.174. The van der Waals surface area contributed by atoms with Crippen molar-refractivity contribution in [2.75, 3.05) is 6.54 Å². The summed E-state index contributed by atoms with van der Waals surface area (Å²) in [6.07, 6.45) is 1.39. The summed E-state index contributed by atoms with van der Waals surface area (Å²) in [5.74, 6) is 0. The molecule has 3 aromatic rings. The zero-order valence-electron chi connectivity index (χ0n) is 11.7. The molecule has 0 aliphatic heterocycles. The van der Waals surface area contributed by atoms with Gasteiger partial charge in [-0.2, -0.15) is 0 Å². The van der Waals surface area contributed by atoms with Crippen molar-refractivity contribution < 1.29 is 5.11 Å². The Morgan fingerprint density at radius 2 is 1.76 bits per heavy atom. The van der Waals surface area contributed by atoms with Crippen molar-refractivity contribution in [1.82, 2.24) is 10.3 Å². The number of aliphatic hydroxyl groups excluding tert-OH is 1. The van der Waals surface area contributed by atoms with E-state index < -0.39 is 6.10 Å². The number of aliphatic hydroxyl groups is 1. The van der Waals surface area contributed by atoms with Gasteiger partial charge in [0.1, 0.15) is 0 Å². The third kappa shape index (κ3) is 3.45. The molecule has 0 amide bonds. The number of fused-ring (bicyclic) bond motifs is 1. The largest absolute Gasteiger partial charge is 0.387 e. The van der Waals surface area contributed by atoms with Crippen LogP contribution < -0.4 is 5.32 Å². The SMILES string of the molecule is OC(CNCc1cnc2ccccc2c1)c1ccccc1. The number of nitrogens with one attached hydrogen (secondary N) is 1. The fourth-order valence-corrected chi connectivity index (χ4v) is 2.36. The van der Waals surface area contributed by atoms with Gasteiger partial charge in [0.25, 0.3) is 0 Å². The number of aromatic nitrogens is 1. The second-order valence-electron chi connectivity index (χ2n) is 5.09. The Balaban J connectivity index is 1.59. The minimum Gasteiger partial charge on any atom is -0.387 e. The highest BCUT2D eigenvalue weighted by Gasteiger charge is 2.06. The topological polar surface area (TPSA) is 45.1 Å². The van der Waals surface area contributed by atoms with Crippen LogP contribution in [0.3, 0.4) is 0 Å². The standard InChI is InChI=1S/C18H18N2O/c21-18(15-6-2-1-3-7-15)13-19-11-14-10-16-8-4-5-9-17(16)20-12-14/h1-10,12,18-19,21H,11,13H2. The predicted molar refractivity (Wildman–Crippen MR) is 84.9 cm³/mol. The summed E-state index contributed by atoms with van der Waals surface area (Å²) in [6, 6.07) is 19.9. The Hall–Kier alpha value is -2.23. The number of hydrogen-bond acceptors (Lipinski definition) is 3. The van der Waals surface area contributed by atoms with Crippen molar-refractivity contribution in [3.8, 4) is 0 Å². The first-order chi connectivity index (χ1) is 10.3. The van der Waals surface area contributed by atoms with Gasteiger partial charge in [0.15, 0.2) is 0 Å². The summed E-state index contributed by atoms with van der Waals surface area (Å²) in [5.41, 5.74) is 3.06. The average molecular weight is 278 g/mol. The maximum atomic E-state index is 10.1. The van der Waals surface area contributed by atoms with Gasteiger partial charge in [-0.15, -0.1) is 0 Å². The molecule has 3 nitrogen and oxygen atoms in total. The monoisotopic (exact) mass is 278 g/mol. The number of hydrogen-bond donors (Lipinski definition) is 2. The van der Waals surface area contributed by atoms with Crippen LogP contribution in [0.25, 0.3) is 10.9 Å². The number of rotatable bonds is 5. The van der Waals surface area contributed by atoms with Gasteiger partial charge in [-0.1, -0.05) is 48.5 Å². The molecule has 0 aliphatic carbocycles. The Labute approximate surface area is 124 Å².